The van der Waals surface area contributed by atoms with Crippen molar-refractivity contribution in [1.82, 2.24) is 4.98 Å². The third-order valence-electron chi connectivity index (χ3n) is 3.14. The molecule has 0 aliphatic carbocycles. The molecule has 21 heavy (non-hydrogen) atoms. The van der Waals surface area contributed by atoms with E-state index in [0.29, 0.717) is 21.7 Å². The van der Waals surface area contributed by atoms with Crippen molar-refractivity contribution in [2.24, 2.45) is 0 Å². The summed E-state index contributed by atoms with van der Waals surface area (Å²) in [5.41, 5.74) is 1.85. The minimum Gasteiger partial charge on any atom is -0.507 e. The highest BCUT2D eigenvalue weighted by Gasteiger charge is 2.15. The Balaban J connectivity index is 2.54. The first kappa shape index (κ1) is 15.5. The zero-order valence-corrected chi connectivity index (χ0v) is 12.4. The van der Waals surface area contributed by atoms with Crippen molar-refractivity contribution in [3.05, 3.63) is 58.1 Å². The molecular formula is C16H15ClFNO2. The molecule has 5 heteroatoms. The van der Waals surface area contributed by atoms with E-state index in [-0.39, 0.29) is 11.3 Å². The van der Waals surface area contributed by atoms with Crippen LogP contribution in [0.25, 0.3) is 11.6 Å². The first-order valence-corrected chi connectivity index (χ1v) is 6.76. The van der Waals surface area contributed by atoms with Gasteiger partial charge in [-0.2, -0.15) is 0 Å². The van der Waals surface area contributed by atoms with Crippen molar-refractivity contribution in [2.45, 2.75) is 20.0 Å². The molecule has 0 radical (unpaired) electrons. The van der Waals surface area contributed by atoms with Crippen LogP contribution in [0.1, 0.15) is 36.6 Å². The number of aliphatic hydroxyl groups is 1. The number of aromatic hydroxyl groups is 1. The van der Waals surface area contributed by atoms with E-state index >= 15 is 0 Å². The highest BCUT2D eigenvalue weighted by Crippen LogP contribution is 2.30. The molecule has 1 atom stereocenters. The normalized spacial score (nSPS) is 13.3. The van der Waals surface area contributed by atoms with Gasteiger partial charge in [0.2, 0.25) is 0 Å². The maximum Gasteiger partial charge on any atom is 0.147 e. The van der Waals surface area contributed by atoms with Crippen LogP contribution in [0, 0.1) is 5.82 Å². The van der Waals surface area contributed by atoms with E-state index in [1.54, 1.807) is 25.1 Å². The van der Waals surface area contributed by atoms with Gasteiger partial charge in [-0.1, -0.05) is 11.6 Å². The van der Waals surface area contributed by atoms with Crippen LogP contribution in [0.15, 0.2) is 30.6 Å². The van der Waals surface area contributed by atoms with Gasteiger partial charge in [0.25, 0.3) is 0 Å². The van der Waals surface area contributed by atoms with Gasteiger partial charge < -0.3 is 10.2 Å². The highest BCUT2D eigenvalue weighted by atomic mass is 35.5. The van der Waals surface area contributed by atoms with Crippen molar-refractivity contribution < 1.29 is 14.6 Å². The van der Waals surface area contributed by atoms with Crippen molar-refractivity contribution in [3.8, 4) is 5.75 Å². The van der Waals surface area contributed by atoms with Gasteiger partial charge in [-0.25, -0.2) is 4.39 Å². The van der Waals surface area contributed by atoms with Gasteiger partial charge in [-0.3, -0.25) is 4.98 Å². The number of benzene rings is 1. The van der Waals surface area contributed by atoms with E-state index in [1.165, 1.54) is 19.2 Å². The minimum atomic E-state index is -0.959. The number of phenols is 1. The molecule has 0 saturated carbocycles. The number of rotatable bonds is 3. The SMILES string of the molecule is C/C(=C\c1cc(Cl)ccc1O)c1cncc(F)c1C(C)O. The molecule has 110 valence electrons. The number of phenolic OH excluding ortho intramolecular Hbond substituents is 1. The second-order valence-electron chi connectivity index (χ2n) is 4.79. The van der Waals surface area contributed by atoms with E-state index in [1.807, 2.05) is 0 Å². The van der Waals surface area contributed by atoms with Crippen LogP contribution in [-0.4, -0.2) is 15.2 Å². The summed E-state index contributed by atoms with van der Waals surface area (Å²) < 4.78 is 13.8. The van der Waals surface area contributed by atoms with Gasteiger partial charge >= 0.3 is 0 Å². The van der Waals surface area contributed by atoms with Crippen molar-refractivity contribution >= 4 is 23.3 Å². The molecule has 0 aliphatic heterocycles. The number of pyridine rings is 1. The molecule has 0 amide bonds. The van der Waals surface area contributed by atoms with E-state index in [0.717, 1.165) is 6.20 Å². The Morgan fingerprint density at radius 1 is 1.38 bits per heavy atom. The van der Waals surface area contributed by atoms with Gasteiger partial charge in [0.1, 0.15) is 11.6 Å². The number of aliphatic hydroxyl groups excluding tert-OH is 1. The molecule has 1 unspecified atom stereocenters. The smallest absolute Gasteiger partial charge is 0.147 e. The van der Waals surface area contributed by atoms with Crippen LogP contribution < -0.4 is 0 Å². The van der Waals surface area contributed by atoms with Gasteiger partial charge in [0.05, 0.1) is 12.3 Å². The van der Waals surface area contributed by atoms with Gasteiger partial charge in [0.15, 0.2) is 0 Å². The van der Waals surface area contributed by atoms with Crippen LogP contribution in [0.4, 0.5) is 4.39 Å². The number of hydrogen-bond donors (Lipinski definition) is 2. The van der Waals surface area contributed by atoms with E-state index < -0.39 is 11.9 Å². The van der Waals surface area contributed by atoms with E-state index in [9.17, 15) is 14.6 Å². The van der Waals surface area contributed by atoms with E-state index in [4.69, 9.17) is 11.6 Å². The fourth-order valence-corrected chi connectivity index (χ4v) is 2.32. The molecule has 0 spiro atoms. The molecule has 2 rings (SSSR count). The maximum absolute atomic E-state index is 13.8. The second-order valence-corrected chi connectivity index (χ2v) is 5.23. The summed E-state index contributed by atoms with van der Waals surface area (Å²) in [5, 5.41) is 20.0. The average molecular weight is 308 g/mol. The van der Waals surface area contributed by atoms with Gasteiger partial charge in [-0.05, 0) is 43.7 Å². The number of nitrogens with zero attached hydrogens (tertiary/aromatic N) is 1. The zero-order chi connectivity index (χ0) is 15.6. The lowest BCUT2D eigenvalue weighted by molar-refractivity contribution is 0.193. The third kappa shape index (κ3) is 3.40. The first-order valence-electron chi connectivity index (χ1n) is 6.38. The molecule has 1 aromatic heterocycles. The second kappa shape index (κ2) is 6.24. The molecule has 0 aliphatic rings. The van der Waals surface area contributed by atoms with Crippen LogP contribution >= 0.6 is 11.6 Å². The summed E-state index contributed by atoms with van der Waals surface area (Å²) in [4.78, 5) is 3.81. The molecule has 1 aromatic carbocycles. The quantitative estimate of drug-likeness (QED) is 0.894. The Bertz CT molecular complexity index is 699. The Hall–Kier alpha value is -1.91. The molecule has 3 nitrogen and oxygen atoms in total. The van der Waals surface area contributed by atoms with E-state index in [2.05, 4.69) is 4.98 Å². The van der Waals surface area contributed by atoms with Crippen LogP contribution in [0.3, 0.4) is 0 Å². The number of halogens is 2. The first-order chi connectivity index (χ1) is 9.90. The van der Waals surface area contributed by atoms with Crippen molar-refractivity contribution in [2.75, 3.05) is 0 Å². The summed E-state index contributed by atoms with van der Waals surface area (Å²) in [5.74, 6) is -0.493. The molecule has 0 fully saturated rings. The van der Waals surface area contributed by atoms with Crippen molar-refractivity contribution in [3.63, 3.8) is 0 Å². The number of allylic oxidation sites excluding steroid dienone is 1. The molecule has 2 N–H and O–H groups in total. The lowest BCUT2D eigenvalue weighted by Gasteiger charge is -2.13. The largest absolute Gasteiger partial charge is 0.507 e. The molecule has 2 aromatic rings. The predicted octanol–water partition coefficient (Wildman–Crippen LogP) is 4.19. The third-order valence-corrected chi connectivity index (χ3v) is 3.38. The van der Waals surface area contributed by atoms with Gasteiger partial charge in [-0.15, -0.1) is 0 Å². The van der Waals surface area contributed by atoms with Crippen LogP contribution in [0.2, 0.25) is 5.02 Å². The standard InChI is InChI=1S/C16H15ClFNO2/c1-9(5-11-6-12(17)3-4-15(11)21)13-7-19-8-14(18)16(13)10(2)20/h3-8,10,20-21H,1-2H3/b9-5+. The summed E-state index contributed by atoms with van der Waals surface area (Å²) in [6, 6.07) is 4.67. The Morgan fingerprint density at radius 2 is 2.10 bits per heavy atom. The Labute approximate surface area is 127 Å². The molecular weight excluding hydrogens is 293 g/mol. The summed E-state index contributed by atoms with van der Waals surface area (Å²) in [7, 11) is 0. The van der Waals surface area contributed by atoms with Gasteiger partial charge in [0, 0.05) is 27.9 Å². The molecule has 1 heterocycles. The molecule has 0 saturated heterocycles. The zero-order valence-electron chi connectivity index (χ0n) is 11.6. The minimum absolute atomic E-state index is 0.0710. The Kier molecular flexibility index (Phi) is 4.60. The highest BCUT2D eigenvalue weighted by molar-refractivity contribution is 6.30. The van der Waals surface area contributed by atoms with Crippen molar-refractivity contribution in [1.29, 1.82) is 0 Å². The maximum atomic E-state index is 13.8. The number of aromatic nitrogens is 1. The molecule has 0 bridgehead atoms. The monoisotopic (exact) mass is 307 g/mol. The fourth-order valence-electron chi connectivity index (χ4n) is 2.14. The lowest BCUT2D eigenvalue weighted by Crippen LogP contribution is -2.02. The predicted molar refractivity (Wildman–Crippen MR) is 81.5 cm³/mol. The van der Waals surface area contributed by atoms with Crippen LogP contribution in [-0.2, 0) is 0 Å². The fraction of sp³-hybridized carbons (Fsp3) is 0.188. The lowest BCUT2D eigenvalue weighted by atomic mass is 9.97. The Morgan fingerprint density at radius 3 is 2.76 bits per heavy atom. The summed E-state index contributed by atoms with van der Waals surface area (Å²) in [6.45, 7) is 3.24. The topological polar surface area (TPSA) is 53.4 Å². The van der Waals surface area contributed by atoms with Crippen LogP contribution in [0.5, 0.6) is 5.75 Å². The summed E-state index contributed by atoms with van der Waals surface area (Å²) in [6.07, 6.45) is 3.26. The number of hydrogen-bond acceptors (Lipinski definition) is 3. The summed E-state index contributed by atoms with van der Waals surface area (Å²) >= 11 is 5.90. The average Bonchev–Trinajstić information content (AvgIpc) is 2.42.